The number of nitrogens with zero attached hydrogens (tertiary/aromatic N) is 5. The maximum Gasteiger partial charge on any atom is 0.191 e. The number of hydrogen-bond donors (Lipinski definition) is 2. The second-order valence-corrected chi connectivity index (χ2v) is 8.89. The fourth-order valence-corrected chi connectivity index (χ4v) is 4.79. The van der Waals surface area contributed by atoms with E-state index in [0.29, 0.717) is 0 Å². The zero-order valence-electron chi connectivity index (χ0n) is 19.8. The summed E-state index contributed by atoms with van der Waals surface area (Å²) >= 11 is 0. The Balaban J connectivity index is 0.00000341. The number of hydrogen-bond acceptors (Lipinski definition) is 5. The highest BCUT2D eigenvalue weighted by atomic mass is 127. The van der Waals surface area contributed by atoms with Gasteiger partial charge < -0.3 is 20.3 Å². The number of morpholine rings is 1. The fraction of sp³-hybridized carbons (Fsp3) is 0.818. The lowest BCUT2D eigenvalue weighted by atomic mass is 9.80. The van der Waals surface area contributed by atoms with Crippen LogP contribution in [-0.2, 0) is 11.8 Å². The van der Waals surface area contributed by atoms with Crippen LogP contribution in [0.1, 0.15) is 50.6 Å². The summed E-state index contributed by atoms with van der Waals surface area (Å²) in [5.41, 5.74) is 1.40. The molecule has 1 atom stereocenters. The summed E-state index contributed by atoms with van der Waals surface area (Å²) in [6.45, 7) is 8.37. The van der Waals surface area contributed by atoms with Crippen molar-refractivity contribution in [1.29, 1.82) is 0 Å². The summed E-state index contributed by atoms with van der Waals surface area (Å²) < 4.78 is 7.48. The first-order chi connectivity index (χ1) is 14.5. The van der Waals surface area contributed by atoms with Crippen molar-refractivity contribution in [3.8, 4) is 0 Å². The predicted molar refractivity (Wildman–Crippen MR) is 137 cm³/mol. The van der Waals surface area contributed by atoms with E-state index in [1.807, 2.05) is 17.9 Å². The molecule has 3 rings (SSSR count). The summed E-state index contributed by atoms with van der Waals surface area (Å²) in [5, 5.41) is 11.4. The summed E-state index contributed by atoms with van der Waals surface area (Å²) in [6, 6.07) is 0.241. The quantitative estimate of drug-likeness (QED) is 0.296. The second-order valence-electron chi connectivity index (χ2n) is 8.89. The predicted octanol–water partition coefficient (Wildman–Crippen LogP) is 2.23. The number of guanidine groups is 1. The minimum atomic E-state index is 0. The van der Waals surface area contributed by atoms with Gasteiger partial charge in [0, 0.05) is 50.5 Å². The SMILES string of the molecule is CCNC(=NCC1(N2CCOCC2)CCCCC1)NCC(c1cnn(C)c1)N(C)C.I. The van der Waals surface area contributed by atoms with Gasteiger partial charge in [0.1, 0.15) is 0 Å². The molecule has 178 valence electrons. The summed E-state index contributed by atoms with van der Waals surface area (Å²) in [4.78, 5) is 9.97. The Morgan fingerprint density at radius 3 is 2.52 bits per heavy atom. The lowest BCUT2D eigenvalue weighted by Crippen LogP contribution is -2.56. The number of aryl methyl sites for hydroxylation is 1. The molecule has 1 aliphatic heterocycles. The third-order valence-electron chi connectivity index (χ3n) is 6.54. The molecule has 31 heavy (non-hydrogen) atoms. The first kappa shape index (κ1) is 26.3. The molecule has 0 amide bonds. The van der Waals surface area contributed by atoms with Gasteiger partial charge in [-0.3, -0.25) is 14.6 Å². The fourth-order valence-electron chi connectivity index (χ4n) is 4.79. The van der Waals surface area contributed by atoms with Crippen LogP contribution in [-0.4, -0.2) is 91.1 Å². The molecule has 1 saturated heterocycles. The third-order valence-corrected chi connectivity index (χ3v) is 6.54. The smallest absolute Gasteiger partial charge is 0.191 e. The largest absolute Gasteiger partial charge is 0.379 e. The van der Waals surface area contributed by atoms with Crippen molar-refractivity contribution < 1.29 is 4.74 Å². The minimum absolute atomic E-state index is 0. The van der Waals surface area contributed by atoms with Crippen LogP contribution in [0.4, 0.5) is 0 Å². The zero-order valence-corrected chi connectivity index (χ0v) is 22.1. The lowest BCUT2D eigenvalue weighted by molar-refractivity contribution is -0.0333. The van der Waals surface area contributed by atoms with E-state index in [1.165, 1.54) is 37.7 Å². The standard InChI is InChI=1S/C22H41N7O.HI/c1-5-23-21(24-16-20(27(2)3)19-15-26-28(4)17-19)25-18-22(9-7-6-8-10-22)29-11-13-30-14-12-29;/h15,17,20H,5-14,16,18H2,1-4H3,(H2,23,24,25);1H. The molecule has 9 heteroatoms. The van der Waals surface area contributed by atoms with Gasteiger partial charge in [0.25, 0.3) is 0 Å². The molecule has 0 spiro atoms. The van der Waals surface area contributed by atoms with Gasteiger partial charge in [-0.05, 0) is 33.9 Å². The zero-order chi connectivity index (χ0) is 21.4. The van der Waals surface area contributed by atoms with E-state index in [9.17, 15) is 0 Å². The molecule has 0 aromatic carbocycles. The van der Waals surface area contributed by atoms with E-state index >= 15 is 0 Å². The van der Waals surface area contributed by atoms with E-state index in [4.69, 9.17) is 9.73 Å². The van der Waals surface area contributed by atoms with Crippen molar-refractivity contribution in [3.63, 3.8) is 0 Å². The molecular weight excluding hydrogens is 505 g/mol. The average molecular weight is 548 g/mol. The summed E-state index contributed by atoms with van der Waals surface area (Å²) in [5.74, 6) is 0.909. The molecule has 2 fully saturated rings. The Morgan fingerprint density at radius 1 is 1.23 bits per heavy atom. The monoisotopic (exact) mass is 547 g/mol. The molecule has 1 aromatic heterocycles. The maximum absolute atomic E-state index is 5.62. The van der Waals surface area contributed by atoms with Gasteiger partial charge in [0.2, 0.25) is 0 Å². The second kappa shape index (κ2) is 13.0. The van der Waals surface area contributed by atoms with Crippen LogP contribution in [0.2, 0.25) is 0 Å². The molecule has 0 bridgehead atoms. The van der Waals surface area contributed by atoms with Crippen LogP contribution >= 0.6 is 24.0 Å². The molecule has 1 aromatic rings. The van der Waals surface area contributed by atoms with Crippen LogP contribution in [0.25, 0.3) is 0 Å². The van der Waals surface area contributed by atoms with E-state index in [2.05, 4.69) is 52.7 Å². The van der Waals surface area contributed by atoms with Crippen LogP contribution in [0.3, 0.4) is 0 Å². The van der Waals surface area contributed by atoms with Gasteiger partial charge in [-0.2, -0.15) is 5.10 Å². The molecule has 1 saturated carbocycles. The van der Waals surface area contributed by atoms with Gasteiger partial charge >= 0.3 is 0 Å². The first-order valence-corrected chi connectivity index (χ1v) is 11.5. The Hall–Kier alpha value is -0.910. The molecule has 1 aliphatic carbocycles. The summed E-state index contributed by atoms with van der Waals surface area (Å²) in [7, 11) is 6.18. The van der Waals surface area contributed by atoms with Crippen molar-refractivity contribution >= 4 is 29.9 Å². The van der Waals surface area contributed by atoms with Crippen LogP contribution in [0, 0.1) is 0 Å². The number of rotatable bonds is 8. The Kier molecular flexibility index (Phi) is 11.0. The number of nitrogens with one attached hydrogen (secondary N) is 2. The van der Waals surface area contributed by atoms with Gasteiger partial charge in [-0.1, -0.05) is 19.3 Å². The third kappa shape index (κ3) is 7.30. The summed E-state index contributed by atoms with van der Waals surface area (Å²) in [6.07, 6.45) is 10.5. The topological polar surface area (TPSA) is 70.0 Å². The average Bonchev–Trinajstić information content (AvgIpc) is 3.19. The van der Waals surface area contributed by atoms with Crippen LogP contribution in [0.15, 0.2) is 17.4 Å². The molecule has 2 heterocycles. The van der Waals surface area contributed by atoms with Crippen LogP contribution in [0.5, 0.6) is 0 Å². The van der Waals surface area contributed by atoms with Crippen LogP contribution < -0.4 is 10.6 Å². The number of halogens is 1. The Morgan fingerprint density at radius 2 is 1.94 bits per heavy atom. The Labute approximate surface area is 205 Å². The van der Waals surface area contributed by atoms with Gasteiger partial charge in [0.15, 0.2) is 5.96 Å². The van der Waals surface area contributed by atoms with Crippen molar-refractivity contribution in [2.75, 3.05) is 60.0 Å². The van der Waals surface area contributed by atoms with Crippen molar-refractivity contribution in [2.45, 2.75) is 50.6 Å². The molecular formula is C22H42IN7O. The number of aliphatic imine (C=N–C) groups is 1. The minimum Gasteiger partial charge on any atom is -0.379 e. The normalized spacial score (nSPS) is 20.9. The van der Waals surface area contributed by atoms with Crippen molar-refractivity contribution in [3.05, 3.63) is 18.0 Å². The van der Waals surface area contributed by atoms with Crippen molar-refractivity contribution in [2.24, 2.45) is 12.0 Å². The van der Waals surface area contributed by atoms with E-state index < -0.39 is 0 Å². The number of aromatic nitrogens is 2. The molecule has 2 N–H and O–H groups in total. The molecule has 2 aliphatic rings. The van der Waals surface area contributed by atoms with Crippen molar-refractivity contribution in [1.82, 2.24) is 30.2 Å². The number of ether oxygens (including phenoxy) is 1. The first-order valence-electron chi connectivity index (χ1n) is 11.5. The van der Waals surface area contributed by atoms with E-state index in [0.717, 1.165) is 51.9 Å². The van der Waals surface area contributed by atoms with E-state index in [-0.39, 0.29) is 35.6 Å². The maximum atomic E-state index is 5.62. The Bertz CT molecular complexity index is 667. The molecule has 1 unspecified atom stereocenters. The highest BCUT2D eigenvalue weighted by Gasteiger charge is 2.38. The molecule has 8 nitrogen and oxygen atoms in total. The highest BCUT2D eigenvalue weighted by Crippen LogP contribution is 2.34. The van der Waals surface area contributed by atoms with E-state index in [1.54, 1.807) is 0 Å². The van der Waals surface area contributed by atoms with Gasteiger partial charge in [0.05, 0.1) is 32.0 Å². The van der Waals surface area contributed by atoms with Gasteiger partial charge in [-0.15, -0.1) is 24.0 Å². The lowest BCUT2D eigenvalue weighted by Gasteiger charge is -2.47. The van der Waals surface area contributed by atoms with Gasteiger partial charge in [-0.25, -0.2) is 0 Å². The highest BCUT2D eigenvalue weighted by molar-refractivity contribution is 14.0. The number of likely N-dealkylation sites (N-methyl/N-ethyl adjacent to an activating group) is 1. The molecule has 0 radical (unpaired) electrons.